The maximum absolute atomic E-state index is 12.9. The van der Waals surface area contributed by atoms with Gasteiger partial charge in [-0.05, 0) is 57.6 Å². The van der Waals surface area contributed by atoms with E-state index in [1.807, 2.05) is 19.9 Å². The van der Waals surface area contributed by atoms with Crippen LogP contribution in [0, 0.1) is 6.92 Å². The van der Waals surface area contributed by atoms with Gasteiger partial charge in [0.05, 0.1) is 25.0 Å². The highest BCUT2D eigenvalue weighted by Crippen LogP contribution is 2.35. The van der Waals surface area contributed by atoms with Gasteiger partial charge in [0.1, 0.15) is 13.2 Å². The number of ether oxygens (including phenoxy) is 3. The van der Waals surface area contributed by atoms with E-state index >= 15 is 0 Å². The maximum Gasteiger partial charge on any atom is 0.410 e. The Kier molecular flexibility index (Phi) is 6.92. The van der Waals surface area contributed by atoms with Gasteiger partial charge >= 0.3 is 6.09 Å². The molecule has 9 nitrogen and oxygen atoms in total. The van der Waals surface area contributed by atoms with E-state index in [0.717, 1.165) is 43.2 Å². The Bertz CT molecular complexity index is 932. The second kappa shape index (κ2) is 9.52. The number of fused-ring (bicyclic) bond motifs is 7. The number of carbonyl (C=O) groups is 1. The number of carbonyl (C=O) groups excluding carboxylic acids is 1. The maximum atomic E-state index is 12.9. The highest BCUT2D eigenvalue weighted by Gasteiger charge is 2.44. The molecular formula is C22H33N3O6S. The van der Waals surface area contributed by atoms with Gasteiger partial charge in [0.2, 0.25) is 15.9 Å². The van der Waals surface area contributed by atoms with Gasteiger partial charge in [0.25, 0.3) is 0 Å². The normalized spacial score (nSPS) is 31.7. The van der Waals surface area contributed by atoms with Crippen LogP contribution < -0.4 is 9.46 Å². The summed E-state index contributed by atoms with van der Waals surface area (Å²) in [4.78, 5) is 19.2. The molecule has 178 valence electrons. The van der Waals surface area contributed by atoms with Crippen molar-refractivity contribution in [3.63, 3.8) is 0 Å². The average Bonchev–Trinajstić information content (AvgIpc) is 3.02. The average molecular weight is 468 g/mol. The van der Waals surface area contributed by atoms with Gasteiger partial charge < -0.3 is 14.2 Å². The fourth-order valence-corrected chi connectivity index (χ4v) is 5.93. The fourth-order valence-electron chi connectivity index (χ4n) is 5.13. The Morgan fingerprint density at radius 1 is 1.12 bits per heavy atom. The predicted octanol–water partition coefficient (Wildman–Crippen LogP) is 2.34. The highest BCUT2D eigenvalue weighted by molar-refractivity contribution is 7.88. The van der Waals surface area contributed by atoms with Crippen molar-refractivity contribution in [2.45, 2.75) is 76.1 Å². The Morgan fingerprint density at radius 3 is 2.56 bits per heavy atom. The molecule has 2 fully saturated rings. The lowest BCUT2D eigenvalue weighted by Gasteiger charge is -2.33. The molecule has 0 radical (unpaired) electrons. The molecular weight excluding hydrogens is 434 g/mol. The number of nitrogens with zero attached hydrogens (tertiary/aromatic N) is 2. The standard InChI is InChI=1S/C22H33N3O6S/c1-14-10-18-16-4-6-17(7-5-16)31-13-20-19(24-32(3,27)28)12-15(2)25(20)22(26)30-9-8-29-21(11-14)23-18/h10-11,15-17,19-20,24H,4-9,12-13H2,1-3H3/t15-,16?,17?,19+,20+/m1/s1. The van der Waals surface area contributed by atoms with Crippen LogP contribution in [0.5, 0.6) is 5.88 Å². The molecule has 1 amide bonds. The number of aryl methyl sites for hydroxylation is 1. The largest absolute Gasteiger partial charge is 0.474 e. The molecule has 32 heavy (non-hydrogen) atoms. The molecule has 1 N–H and O–H groups in total. The topological polar surface area (TPSA) is 107 Å². The molecule has 1 aliphatic carbocycles. The minimum atomic E-state index is -3.42. The van der Waals surface area contributed by atoms with Crippen molar-refractivity contribution in [3.8, 4) is 5.88 Å². The van der Waals surface area contributed by atoms with E-state index in [2.05, 4.69) is 15.8 Å². The molecule has 1 saturated carbocycles. The molecule has 3 atom stereocenters. The van der Waals surface area contributed by atoms with Crippen LogP contribution in [-0.4, -0.2) is 74.7 Å². The number of nitrogens with one attached hydrogen (secondary N) is 1. The third kappa shape index (κ3) is 5.52. The Balaban J connectivity index is 1.55. The van der Waals surface area contributed by atoms with Gasteiger partial charge in [-0.25, -0.2) is 22.9 Å². The van der Waals surface area contributed by atoms with Gasteiger partial charge in [0, 0.05) is 29.8 Å². The summed E-state index contributed by atoms with van der Waals surface area (Å²) in [5.74, 6) is 0.914. The third-order valence-electron chi connectivity index (χ3n) is 6.59. The van der Waals surface area contributed by atoms with Crippen LogP contribution in [-0.2, 0) is 19.5 Å². The van der Waals surface area contributed by atoms with Gasteiger partial charge in [0.15, 0.2) is 0 Å². The molecule has 4 heterocycles. The molecule has 5 rings (SSSR count). The van der Waals surface area contributed by atoms with Crippen LogP contribution in [0.2, 0.25) is 0 Å². The molecule has 3 aliphatic heterocycles. The van der Waals surface area contributed by atoms with E-state index < -0.39 is 28.2 Å². The van der Waals surface area contributed by atoms with Crippen molar-refractivity contribution in [2.75, 3.05) is 26.1 Å². The second-order valence-corrected chi connectivity index (χ2v) is 11.0. The first kappa shape index (κ1) is 23.3. The number of pyridine rings is 1. The lowest BCUT2D eigenvalue weighted by atomic mass is 9.84. The number of hydrogen-bond donors (Lipinski definition) is 1. The van der Waals surface area contributed by atoms with E-state index in [1.54, 1.807) is 4.90 Å². The lowest BCUT2D eigenvalue weighted by Crippen LogP contribution is -2.50. The zero-order valence-electron chi connectivity index (χ0n) is 19.0. The smallest absolute Gasteiger partial charge is 0.410 e. The second-order valence-electron chi connectivity index (χ2n) is 9.23. The fraction of sp³-hybridized carbons (Fsp3) is 0.727. The van der Waals surface area contributed by atoms with Crippen LogP contribution in [0.4, 0.5) is 4.79 Å². The van der Waals surface area contributed by atoms with Crippen LogP contribution in [0.1, 0.15) is 56.2 Å². The summed E-state index contributed by atoms with van der Waals surface area (Å²) in [5.41, 5.74) is 2.13. The molecule has 10 heteroatoms. The van der Waals surface area contributed by atoms with E-state index in [-0.39, 0.29) is 32.0 Å². The highest BCUT2D eigenvalue weighted by atomic mass is 32.2. The minimum absolute atomic E-state index is 0.0762. The Hall–Kier alpha value is -1.91. The molecule has 0 aromatic carbocycles. The summed E-state index contributed by atoms with van der Waals surface area (Å²) >= 11 is 0. The quantitative estimate of drug-likeness (QED) is 0.711. The number of amides is 1. The van der Waals surface area contributed by atoms with E-state index in [4.69, 9.17) is 14.2 Å². The SMILES string of the molecule is Cc1cc2nc(c1)C1CCC(CC1)OC[C@H]1[C@@H](NS(C)(=O)=O)C[C@@H](C)N1C(=O)OCCO2. The monoisotopic (exact) mass is 467 g/mol. The van der Waals surface area contributed by atoms with Gasteiger partial charge in [-0.2, -0.15) is 0 Å². The van der Waals surface area contributed by atoms with Gasteiger partial charge in [-0.3, -0.25) is 4.90 Å². The van der Waals surface area contributed by atoms with Crippen molar-refractivity contribution in [1.82, 2.24) is 14.6 Å². The van der Waals surface area contributed by atoms with Gasteiger partial charge in [-0.1, -0.05) is 0 Å². The summed E-state index contributed by atoms with van der Waals surface area (Å²) in [5, 5.41) is 0. The number of rotatable bonds is 2. The first-order valence-corrected chi connectivity index (χ1v) is 13.2. The van der Waals surface area contributed by atoms with Crippen molar-refractivity contribution < 1.29 is 27.4 Å². The van der Waals surface area contributed by atoms with E-state index in [1.165, 1.54) is 0 Å². The summed E-state index contributed by atoms with van der Waals surface area (Å²) in [7, 11) is -3.42. The van der Waals surface area contributed by atoms with Crippen molar-refractivity contribution in [3.05, 3.63) is 23.4 Å². The molecule has 0 unspecified atom stereocenters. The van der Waals surface area contributed by atoms with Crippen molar-refractivity contribution >= 4 is 16.1 Å². The Morgan fingerprint density at radius 2 is 1.84 bits per heavy atom. The minimum Gasteiger partial charge on any atom is -0.474 e. The number of aromatic nitrogens is 1. The Labute approximate surface area is 189 Å². The molecule has 4 bridgehead atoms. The van der Waals surface area contributed by atoms with E-state index in [0.29, 0.717) is 18.2 Å². The van der Waals surface area contributed by atoms with Crippen molar-refractivity contribution in [1.29, 1.82) is 0 Å². The predicted molar refractivity (Wildman–Crippen MR) is 118 cm³/mol. The van der Waals surface area contributed by atoms with Gasteiger partial charge in [-0.15, -0.1) is 0 Å². The molecule has 1 aromatic rings. The van der Waals surface area contributed by atoms with Crippen molar-refractivity contribution in [2.24, 2.45) is 0 Å². The zero-order chi connectivity index (χ0) is 22.9. The summed E-state index contributed by atoms with van der Waals surface area (Å²) in [6, 6.07) is 3.00. The first-order chi connectivity index (χ1) is 15.2. The number of sulfonamides is 1. The van der Waals surface area contributed by atoms with Crippen LogP contribution in [0.3, 0.4) is 0 Å². The first-order valence-electron chi connectivity index (χ1n) is 11.3. The van der Waals surface area contributed by atoms with Crippen LogP contribution in [0.25, 0.3) is 0 Å². The number of hydrogen-bond acceptors (Lipinski definition) is 7. The summed E-state index contributed by atoms with van der Waals surface area (Å²) in [6.07, 6.45) is 4.97. The van der Waals surface area contributed by atoms with Crippen LogP contribution in [0.15, 0.2) is 12.1 Å². The van der Waals surface area contributed by atoms with Crippen LogP contribution >= 0.6 is 0 Å². The summed E-state index contributed by atoms with van der Waals surface area (Å²) in [6.45, 7) is 4.47. The zero-order valence-corrected chi connectivity index (χ0v) is 19.8. The molecule has 0 spiro atoms. The molecule has 4 aliphatic rings. The molecule has 1 saturated heterocycles. The lowest BCUT2D eigenvalue weighted by molar-refractivity contribution is -0.0118. The van der Waals surface area contributed by atoms with E-state index in [9.17, 15) is 13.2 Å². The summed E-state index contributed by atoms with van der Waals surface area (Å²) < 4.78 is 44.0. The molecule has 1 aromatic heterocycles. The third-order valence-corrected chi connectivity index (χ3v) is 7.32.